The SMILES string of the molecule is O=S1(=O)CCCN1C[C@H]1CCCN1CCCc1ccc2c(c1)CCO2. The Morgan fingerprint density at radius 2 is 2.12 bits per heavy atom. The molecule has 5 nitrogen and oxygen atoms in total. The topological polar surface area (TPSA) is 49.9 Å². The Kier molecular flexibility index (Phi) is 5.02. The fourth-order valence-corrected chi connectivity index (χ4v) is 5.97. The molecule has 0 unspecified atom stereocenters. The second kappa shape index (κ2) is 7.25. The van der Waals surface area contributed by atoms with Crippen LogP contribution in [0, 0.1) is 0 Å². The van der Waals surface area contributed by atoms with E-state index in [1.165, 1.54) is 17.5 Å². The van der Waals surface area contributed by atoms with Crippen LogP contribution in [0.1, 0.15) is 36.8 Å². The van der Waals surface area contributed by atoms with Crippen molar-refractivity contribution in [1.29, 1.82) is 0 Å². The largest absolute Gasteiger partial charge is 0.493 e. The maximum absolute atomic E-state index is 12.0. The van der Waals surface area contributed by atoms with E-state index in [9.17, 15) is 8.42 Å². The van der Waals surface area contributed by atoms with E-state index in [4.69, 9.17) is 4.74 Å². The van der Waals surface area contributed by atoms with Gasteiger partial charge in [-0.1, -0.05) is 12.1 Å². The minimum absolute atomic E-state index is 0.335. The molecule has 1 aromatic carbocycles. The number of rotatable bonds is 6. The number of aryl methyl sites for hydroxylation is 1. The van der Waals surface area contributed by atoms with Gasteiger partial charge in [-0.2, -0.15) is 0 Å². The van der Waals surface area contributed by atoms with E-state index in [0.717, 1.165) is 57.6 Å². The van der Waals surface area contributed by atoms with Crippen LogP contribution >= 0.6 is 0 Å². The third-order valence-electron chi connectivity index (χ3n) is 5.78. The maximum Gasteiger partial charge on any atom is 0.214 e. The number of ether oxygens (including phenoxy) is 1. The molecule has 3 aliphatic rings. The Morgan fingerprint density at radius 1 is 1.20 bits per heavy atom. The first-order valence-corrected chi connectivity index (χ1v) is 11.2. The zero-order valence-electron chi connectivity index (χ0n) is 14.8. The second-order valence-corrected chi connectivity index (χ2v) is 9.59. The molecular weight excluding hydrogens is 336 g/mol. The van der Waals surface area contributed by atoms with Gasteiger partial charge in [-0.25, -0.2) is 12.7 Å². The van der Waals surface area contributed by atoms with Gasteiger partial charge in [-0.05, 0) is 62.4 Å². The van der Waals surface area contributed by atoms with E-state index < -0.39 is 10.0 Å². The average molecular weight is 365 g/mol. The minimum Gasteiger partial charge on any atom is -0.493 e. The predicted octanol–water partition coefficient (Wildman–Crippen LogP) is 2.05. The van der Waals surface area contributed by atoms with Crippen LogP contribution in [0.25, 0.3) is 0 Å². The molecule has 138 valence electrons. The molecule has 4 rings (SSSR count). The molecule has 0 N–H and O–H groups in total. The third-order valence-corrected chi connectivity index (χ3v) is 7.70. The molecule has 6 heteroatoms. The number of likely N-dealkylation sites (tertiary alicyclic amines) is 1. The molecule has 25 heavy (non-hydrogen) atoms. The standard InChI is InChI=1S/C19H28N2O3S/c22-25(23)13-3-11-21(25)15-18-5-2-10-20(18)9-1-4-16-6-7-19-17(14-16)8-12-24-19/h6-7,14,18H,1-5,8-13,15H2/t18-/m1/s1. The fraction of sp³-hybridized carbons (Fsp3) is 0.684. The van der Waals surface area contributed by atoms with Gasteiger partial charge in [0, 0.05) is 25.6 Å². The van der Waals surface area contributed by atoms with Gasteiger partial charge >= 0.3 is 0 Å². The van der Waals surface area contributed by atoms with Gasteiger partial charge < -0.3 is 4.74 Å². The summed E-state index contributed by atoms with van der Waals surface area (Å²) < 4.78 is 31.4. The number of benzene rings is 1. The first kappa shape index (κ1) is 17.3. The summed E-state index contributed by atoms with van der Waals surface area (Å²) in [4.78, 5) is 2.50. The van der Waals surface area contributed by atoms with E-state index in [1.54, 1.807) is 4.31 Å². The number of hydrogen-bond donors (Lipinski definition) is 0. The molecule has 0 aromatic heterocycles. The van der Waals surface area contributed by atoms with Crippen molar-refractivity contribution >= 4 is 10.0 Å². The molecule has 0 bridgehead atoms. The van der Waals surface area contributed by atoms with E-state index in [2.05, 4.69) is 23.1 Å². The Hall–Kier alpha value is -1.11. The lowest BCUT2D eigenvalue weighted by Gasteiger charge is -2.27. The van der Waals surface area contributed by atoms with Gasteiger partial charge in [-0.15, -0.1) is 0 Å². The van der Waals surface area contributed by atoms with Crippen molar-refractivity contribution < 1.29 is 13.2 Å². The molecule has 0 amide bonds. The fourth-order valence-electron chi connectivity index (χ4n) is 4.41. The summed E-state index contributed by atoms with van der Waals surface area (Å²) in [5.74, 6) is 1.39. The smallest absolute Gasteiger partial charge is 0.214 e. The molecule has 3 aliphatic heterocycles. The van der Waals surface area contributed by atoms with Crippen LogP contribution < -0.4 is 4.74 Å². The predicted molar refractivity (Wildman–Crippen MR) is 98.5 cm³/mol. The zero-order chi connectivity index (χ0) is 17.3. The summed E-state index contributed by atoms with van der Waals surface area (Å²) in [7, 11) is -2.97. The Labute approximate surface area is 151 Å². The summed E-state index contributed by atoms with van der Waals surface area (Å²) in [6, 6.07) is 6.98. The van der Waals surface area contributed by atoms with E-state index >= 15 is 0 Å². The maximum atomic E-state index is 12.0. The molecule has 0 spiro atoms. The van der Waals surface area contributed by atoms with Crippen LogP contribution in [0.15, 0.2) is 18.2 Å². The highest BCUT2D eigenvalue weighted by Gasteiger charge is 2.33. The van der Waals surface area contributed by atoms with Crippen molar-refractivity contribution in [1.82, 2.24) is 9.21 Å². The zero-order valence-corrected chi connectivity index (χ0v) is 15.6. The number of sulfonamides is 1. The molecule has 2 saturated heterocycles. The van der Waals surface area contributed by atoms with Crippen LogP contribution in [0.3, 0.4) is 0 Å². The van der Waals surface area contributed by atoms with Crippen LogP contribution in [0.4, 0.5) is 0 Å². The van der Waals surface area contributed by atoms with Crippen molar-refractivity contribution in [3.05, 3.63) is 29.3 Å². The monoisotopic (exact) mass is 364 g/mol. The van der Waals surface area contributed by atoms with Crippen LogP contribution in [0.2, 0.25) is 0 Å². The van der Waals surface area contributed by atoms with Crippen LogP contribution in [0.5, 0.6) is 5.75 Å². The highest BCUT2D eigenvalue weighted by Crippen LogP contribution is 2.27. The summed E-state index contributed by atoms with van der Waals surface area (Å²) in [6.45, 7) is 4.39. The van der Waals surface area contributed by atoms with Gasteiger partial charge in [0.25, 0.3) is 0 Å². The molecule has 2 fully saturated rings. The van der Waals surface area contributed by atoms with Gasteiger partial charge in [-0.3, -0.25) is 4.90 Å². The average Bonchev–Trinajstić information content (AvgIpc) is 3.29. The molecule has 3 heterocycles. The Bertz CT molecular complexity index is 719. The quantitative estimate of drug-likeness (QED) is 0.775. The lowest BCUT2D eigenvalue weighted by atomic mass is 10.0. The lowest BCUT2D eigenvalue weighted by Crippen LogP contribution is -2.41. The van der Waals surface area contributed by atoms with Gasteiger partial charge in [0.15, 0.2) is 0 Å². The summed E-state index contributed by atoms with van der Waals surface area (Å²) in [6.07, 6.45) is 6.34. The van der Waals surface area contributed by atoms with Gasteiger partial charge in [0.05, 0.1) is 12.4 Å². The van der Waals surface area contributed by atoms with Gasteiger partial charge in [0.1, 0.15) is 5.75 Å². The number of hydrogen-bond acceptors (Lipinski definition) is 4. The minimum atomic E-state index is -2.97. The summed E-state index contributed by atoms with van der Waals surface area (Å²) >= 11 is 0. The van der Waals surface area contributed by atoms with Crippen molar-refractivity contribution in [2.75, 3.05) is 38.5 Å². The van der Waals surface area contributed by atoms with E-state index in [-0.39, 0.29) is 0 Å². The summed E-state index contributed by atoms with van der Waals surface area (Å²) in [5.41, 5.74) is 2.73. The molecule has 1 atom stereocenters. The molecule has 0 aliphatic carbocycles. The highest BCUT2D eigenvalue weighted by atomic mass is 32.2. The molecule has 0 radical (unpaired) electrons. The highest BCUT2D eigenvalue weighted by molar-refractivity contribution is 7.89. The first-order valence-electron chi connectivity index (χ1n) is 9.58. The number of nitrogens with zero attached hydrogens (tertiary/aromatic N) is 2. The lowest BCUT2D eigenvalue weighted by molar-refractivity contribution is 0.220. The van der Waals surface area contributed by atoms with Crippen molar-refractivity contribution in [3.63, 3.8) is 0 Å². The second-order valence-electron chi connectivity index (χ2n) is 7.50. The van der Waals surface area contributed by atoms with Crippen molar-refractivity contribution in [3.8, 4) is 5.75 Å². The van der Waals surface area contributed by atoms with E-state index in [1.807, 2.05) is 0 Å². The Morgan fingerprint density at radius 3 is 2.96 bits per heavy atom. The Balaban J connectivity index is 1.28. The first-order chi connectivity index (χ1) is 12.1. The molecular formula is C19H28N2O3S. The van der Waals surface area contributed by atoms with Crippen molar-refractivity contribution in [2.24, 2.45) is 0 Å². The summed E-state index contributed by atoms with van der Waals surface area (Å²) in [5, 5.41) is 0. The number of fused-ring (bicyclic) bond motifs is 1. The molecule has 0 saturated carbocycles. The normalized spacial score (nSPS) is 26.0. The third kappa shape index (κ3) is 3.86. The van der Waals surface area contributed by atoms with Crippen LogP contribution in [-0.4, -0.2) is 62.2 Å². The van der Waals surface area contributed by atoms with Crippen molar-refractivity contribution in [2.45, 2.75) is 44.6 Å². The van der Waals surface area contributed by atoms with Gasteiger partial charge in [0.2, 0.25) is 10.0 Å². The van der Waals surface area contributed by atoms with Crippen LogP contribution in [-0.2, 0) is 22.9 Å². The molecule has 1 aromatic rings. The van der Waals surface area contributed by atoms with E-state index in [0.29, 0.717) is 24.9 Å².